The molecule has 4 rings (SSSR count). The van der Waals surface area contributed by atoms with Crippen molar-refractivity contribution < 1.29 is 8.78 Å². The van der Waals surface area contributed by atoms with E-state index in [0.29, 0.717) is 17.9 Å². The van der Waals surface area contributed by atoms with Gasteiger partial charge in [0, 0.05) is 19.2 Å². The van der Waals surface area contributed by atoms with Crippen molar-refractivity contribution in [3.63, 3.8) is 0 Å². The molecule has 1 heterocycles. The number of anilines is 2. The molecule has 3 fully saturated rings. The van der Waals surface area contributed by atoms with E-state index in [9.17, 15) is 8.78 Å². The van der Waals surface area contributed by atoms with Gasteiger partial charge in [0.25, 0.3) is 0 Å². The van der Waals surface area contributed by atoms with Crippen LogP contribution in [-0.4, -0.2) is 18.1 Å². The summed E-state index contributed by atoms with van der Waals surface area (Å²) in [5.74, 6) is 2.06. The van der Waals surface area contributed by atoms with Gasteiger partial charge in [0.05, 0.1) is 0 Å². The summed E-state index contributed by atoms with van der Waals surface area (Å²) in [5, 5.41) is 5.84. The molecular formula is C14H17F2N3. The van der Waals surface area contributed by atoms with Crippen LogP contribution in [0, 0.1) is 35.3 Å². The Kier molecular flexibility index (Phi) is 2.29. The third-order valence-electron chi connectivity index (χ3n) is 5.21. The second-order valence-electron chi connectivity index (χ2n) is 6.06. The van der Waals surface area contributed by atoms with Crippen molar-refractivity contribution in [2.24, 2.45) is 23.7 Å². The summed E-state index contributed by atoms with van der Waals surface area (Å²) in [7, 11) is 1.58. The number of fused-ring (bicyclic) bond motifs is 5. The molecule has 0 spiro atoms. The molecule has 2 bridgehead atoms. The van der Waals surface area contributed by atoms with Crippen molar-refractivity contribution >= 4 is 11.6 Å². The third kappa shape index (κ3) is 1.56. The van der Waals surface area contributed by atoms with Gasteiger partial charge in [-0.2, -0.15) is 0 Å². The molecule has 102 valence electrons. The second-order valence-corrected chi connectivity index (χ2v) is 6.06. The summed E-state index contributed by atoms with van der Waals surface area (Å²) in [4.78, 5) is 4.00. The van der Waals surface area contributed by atoms with E-state index < -0.39 is 11.6 Å². The molecule has 0 radical (unpaired) electrons. The van der Waals surface area contributed by atoms with Crippen LogP contribution >= 0.6 is 0 Å². The lowest BCUT2D eigenvalue weighted by Crippen LogP contribution is -2.15. The van der Waals surface area contributed by atoms with Gasteiger partial charge in [-0.25, -0.2) is 13.8 Å². The van der Waals surface area contributed by atoms with Crippen LogP contribution in [0.5, 0.6) is 0 Å². The van der Waals surface area contributed by atoms with Crippen LogP contribution in [-0.2, 0) is 0 Å². The standard InChI is InChI=1S/C14H17F2N3/c1-17-13-8(15)5-9(16)14(19-13)18-12-10-6-2-3-7(4-6)11(10)12/h5-7,10-12H,2-4H2,1H3,(H2,17,18,19). The fraction of sp³-hybridized carbons (Fsp3) is 0.643. The molecule has 0 saturated heterocycles. The first-order valence-corrected chi connectivity index (χ1v) is 6.99. The Morgan fingerprint density at radius 1 is 1.11 bits per heavy atom. The molecule has 3 saturated carbocycles. The van der Waals surface area contributed by atoms with Gasteiger partial charge in [-0.05, 0) is 42.9 Å². The largest absolute Gasteiger partial charge is 0.371 e. The highest BCUT2D eigenvalue weighted by Gasteiger charge is 2.65. The number of pyridine rings is 1. The molecule has 0 amide bonds. The Balaban J connectivity index is 1.55. The zero-order valence-electron chi connectivity index (χ0n) is 10.8. The molecular weight excluding hydrogens is 248 g/mol. The Morgan fingerprint density at radius 3 is 2.37 bits per heavy atom. The molecule has 19 heavy (non-hydrogen) atoms. The first kappa shape index (κ1) is 11.4. The first-order valence-electron chi connectivity index (χ1n) is 6.99. The van der Waals surface area contributed by atoms with Gasteiger partial charge in [-0.3, -0.25) is 0 Å². The minimum absolute atomic E-state index is 0.0951. The van der Waals surface area contributed by atoms with Crippen LogP contribution < -0.4 is 10.6 Å². The SMILES string of the molecule is CNc1nc(NC2C3C4CCC(C4)C23)c(F)cc1F. The summed E-state index contributed by atoms with van der Waals surface area (Å²) in [6.45, 7) is 0. The maximum atomic E-state index is 13.7. The predicted molar refractivity (Wildman–Crippen MR) is 68.9 cm³/mol. The predicted octanol–water partition coefficient (Wildman–Crippen LogP) is 2.86. The van der Waals surface area contributed by atoms with Crippen molar-refractivity contribution in [1.82, 2.24) is 4.98 Å². The van der Waals surface area contributed by atoms with Gasteiger partial charge >= 0.3 is 0 Å². The smallest absolute Gasteiger partial charge is 0.168 e. The van der Waals surface area contributed by atoms with Crippen LogP contribution in [0.25, 0.3) is 0 Å². The zero-order valence-corrected chi connectivity index (χ0v) is 10.8. The van der Waals surface area contributed by atoms with Crippen molar-refractivity contribution in [2.45, 2.75) is 25.3 Å². The van der Waals surface area contributed by atoms with E-state index >= 15 is 0 Å². The molecule has 3 aliphatic carbocycles. The molecule has 0 aromatic carbocycles. The zero-order chi connectivity index (χ0) is 13.1. The lowest BCUT2D eigenvalue weighted by Gasteiger charge is -2.13. The van der Waals surface area contributed by atoms with Crippen LogP contribution in [0.15, 0.2) is 6.07 Å². The lowest BCUT2D eigenvalue weighted by molar-refractivity contribution is 0.456. The topological polar surface area (TPSA) is 37.0 Å². The number of nitrogens with one attached hydrogen (secondary N) is 2. The van der Waals surface area contributed by atoms with E-state index in [1.165, 1.54) is 19.3 Å². The van der Waals surface area contributed by atoms with Crippen LogP contribution in [0.4, 0.5) is 20.4 Å². The highest BCUT2D eigenvalue weighted by molar-refractivity contribution is 5.49. The van der Waals surface area contributed by atoms with Gasteiger partial charge in [0.15, 0.2) is 23.3 Å². The van der Waals surface area contributed by atoms with Crippen molar-refractivity contribution in [1.29, 1.82) is 0 Å². The minimum Gasteiger partial charge on any atom is -0.371 e. The Hall–Kier alpha value is -1.39. The van der Waals surface area contributed by atoms with Gasteiger partial charge in [-0.1, -0.05) is 0 Å². The van der Waals surface area contributed by atoms with Crippen LogP contribution in [0.2, 0.25) is 0 Å². The van der Waals surface area contributed by atoms with Gasteiger partial charge in [0.1, 0.15) is 0 Å². The van der Waals surface area contributed by atoms with Crippen molar-refractivity contribution in [3.05, 3.63) is 17.7 Å². The second kappa shape index (κ2) is 3.81. The molecule has 3 nitrogen and oxygen atoms in total. The molecule has 4 atom stereocenters. The Labute approximate surface area is 110 Å². The molecule has 1 aromatic heterocycles. The molecule has 4 unspecified atom stereocenters. The molecule has 1 aromatic rings. The number of rotatable bonds is 3. The molecule has 5 heteroatoms. The monoisotopic (exact) mass is 265 g/mol. The van der Waals surface area contributed by atoms with Crippen LogP contribution in [0.1, 0.15) is 19.3 Å². The fourth-order valence-corrected chi connectivity index (χ4v) is 4.42. The average molecular weight is 265 g/mol. The highest BCUT2D eigenvalue weighted by atomic mass is 19.1. The Morgan fingerprint density at radius 2 is 1.74 bits per heavy atom. The fourth-order valence-electron chi connectivity index (χ4n) is 4.42. The average Bonchev–Trinajstić information content (AvgIpc) is 2.79. The summed E-state index contributed by atoms with van der Waals surface area (Å²) in [6, 6.07) is 1.25. The quantitative estimate of drug-likeness (QED) is 0.882. The summed E-state index contributed by atoms with van der Waals surface area (Å²) >= 11 is 0. The highest BCUT2D eigenvalue weighted by Crippen LogP contribution is 2.66. The summed E-state index contributed by atoms with van der Waals surface area (Å²) in [5.41, 5.74) is 0. The molecule has 0 aliphatic heterocycles. The number of aromatic nitrogens is 1. The van der Waals surface area contributed by atoms with Crippen molar-refractivity contribution in [3.8, 4) is 0 Å². The van der Waals surface area contributed by atoms with Gasteiger partial charge in [-0.15, -0.1) is 0 Å². The Bertz CT molecular complexity index is 518. The lowest BCUT2D eigenvalue weighted by atomic mass is 10.0. The number of hydrogen-bond donors (Lipinski definition) is 2. The van der Waals surface area contributed by atoms with E-state index in [4.69, 9.17) is 0 Å². The summed E-state index contributed by atoms with van der Waals surface area (Å²) in [6.07, 6.45) is 4.00. The molecule has 3 aliphatic rings. The molecule has 2 N–H and O–H groups in total. The number of hydrogen-bond acceptors (Lipinski definition) is 3. The van der Waals surface area contributed by atoms with Gasteiger partial charge < -0.3 is 10.6 Å². The van der Waals surface area contributed by atoms with E-state index in [-0.39, 0.29) is 11.6 Å². The van der Waals surface area contributed by atoms with Gasteiger partial charge in [0.2, 0.25) is 0 Å². The first-order chi connectivity index (χ1) is 9.19. The van der Waals surface area contributed by atoms with Crippen molar-refractivity contribution in [2.75, 3.05) is 17.7 Å². The minimum atomic E-state index is -0.651. The maximum absolute atomic E-state index is 13.7. The third-order valence-corrected chi connectivity index (χ3v) is 5.21. The number of nitrogens with zero attached hydrogens (tertiary/aromatic N) is 1. The van der Waals surface area contributed by atoms with Crippen LogP contribution in [0.3, 0.4) is 0 Å². The van der Waals surface area contributed by atoms with E-state index in [1.54, 1.807) is 7.05 Å². The summed E-state index contributed by atoms with van der Waals surface area (Å²) < 4.78 is 27.1. The van der Waals surface area contributed by atoms with E-state index in [2.05, 4.69) is 15.6 Å². The number of halogens is 2. The maximum Gasteiger partial charge on any atom is 0.168 e. The normalized spacial score (nSPS) is 38.2. The van der Waals surface area contributed by atoms with E-state index in [1.807, 2.05) is 0 Å². The van der Waals surface area contributed by atoms with E-state index in [0.717, 1.165) is 17.9 Å².